The molecule has 3 rings (SSSR count). The summed E-state index contributed by atoms with van der Waals surface area (Å²) in [6.45, 7) is 0.783. The fraction of sp³-hybridized carbons (Fsp3) is 0.867. The largest absolute Gasteiger partial charge is 0.472 e. The molecule has 10 atom stereocenters. The Bertz CT molecular complexity index is 522. The van der Waals surface area contributed by atoms with E-state index in [0.29, 0.717) is 0 Å². The molecule has 3 aliphatic rings. The first-order chi connectivity index (χ1) is 11.6. The lowest BCUT2D eigenvalue weighted by molar-refractivity contribution is -0.351. The number of aliphatic hydroxyl groups excluding tert-OH is 5. The van der Waals surface area contributed by atoms with Crippen molar-refractivity contribution in [2.75, 3.05) is 6.61 Å². The Balaban J connectivity index is 1.81. The summed E-state index contributed by atoms with van der Waals surface area (Å²) in [7, 11) is 0. The Labute approximate surface area is 143 Å². The Morgan fingerprint density at radius 2 is 1.76 bits per heavy atom. The molecule has 0 unspecified atom stereocenters. The maximum absolute atomic E-state index is 10.7. The molecule has 0 aromatic carbocycles. The first-order valence-corrected chi connectivity index (χ1v) is 8.04. The monoisotopic (exact) mass is 364 g/mol. The lowest BCUT2D eigenvalue weighted by Gasteiger charge is -2.45. The van der Waals surface area contributed by atoms with Crippen LogP contribution in [0.5, 0.6) is 0 Å². The molecule has 144 valence electrons. The molecule has 2 aliphatic heterocycles. The molecule has 1 saturated carbocycles. The summed E-state index contributed by atoms with van der Waals surface area (Å²) in [6, 6.07) is 0. The van der Waals surface area contributed by atoms with E-state index in [9.17, 15) is 35.7 Å². The number of ether oxygens (including phenoxy) is 3. The first-order valence-electron chi connectivity index (χ1n) is 8.04. The number of aliphatic hydroxyl groups is 7. The second-order valence-electron chi connectivity index (χ2n) is 7.08. The molecule has 0 aromatic rings. The number of hydrogen-bond acceptors (Lipinski definition) is 10. The fourth-order valence-corrected chi connectivity index (χ4v) is 3.84. The van der Waals surface area contributed by atoms with Crippen molar-refractivity contribution in [2.45, 2.75) is 67.6 Å². The van der Waals surface area contributed by atoms with E-state index in [4.69, 9.17) is 14.2 Å². The quantitative estimate of drug-likeness (QED) is 0.267. The van der Waals surface area contributed by atoms with E-state index in [1.807, 2.05) is 0 Å². The van der Waals surface area contributed by atoms with Crippen LogP contribution in [0.15, 0.2) is 12.3 Å². The van der Waals surface area contributed by atoms with Gasteiger partial charge in [-0.2, -0.15) is 0 Å². The van der Waals surface area contributed by atoms with Gasteiger partial charge in [-0.05, 0) is 13.0 Å². The molecule has 7 N–H and O–H groups in total. The third kappa shape index (κ3) is 2.97. The van der Waals surface area contributed by atoms with E-state index in [0.717, 1.165) is 6.26 Å². The lowest BCUT2D eigenvalue weighted by Crippen LogP contribution is -2.61. The highest BCUT2D eigenvalue weighted by Gasteiger charge is 2.64. The van der Waals surface area contributed by atoms with Crippen LogP contribution in [-0.4, -0.2) is 96.7 Å². The zero-order valence-corrected chi connectivity index (χ0v) is 13.5. The standard InChI is InChI=1S/C15H24O10/c1-14(21)4-7(17)15(22)2-3-23-13(11(14)15)25-12-10(20)9(19)8(18)6(5-16)24-12/h2-3,6-13,16-22H,4-5H2,1H3/t6-,7+,8-,9+,10-,11-,12+,13+,14+,15-/m1/s1. The van der Waals surface area contributed by atoms with E-state index >= 15 is 0 Å². The van der Waals surface area contributed by atoms with Crippen LogP contribution in [0.25, 0.3) is 0 Å². The predicted molar refractivity (Wildman–Crippen MR) is 78.6 cm³/mol. The van der Waals surface area contributed by atoms with Gasteiger partial charge in [0.1, 0.15) is 30.0 Å². The molecule has 1 saturated heterocycles. The summed E-state index contributed by atoms with van der Waals surface area (Å²) in [4.78, 5) is 0. The fourth-order valence-electron chi connectivity index (χ4n) is 3.84. The maximum atomic E-state index is 10.7. The van der Waals surface area contributed by atoms with E-state index in [1.54, 1.807) is 0 Å². The summed E-state index contributed by atoms with van der Waals surface area (Å²) >= 11 is 0. The van der Waals surface area contributed by atoms with Gasteiger partial charge in [-0.1, -0.05) is 0 Å². The molecule has 25 heavy (non-hydrogen) atoms. The second-order valence-corrected chi connectivity index (χ2v) is 7.08. The normalized spacial score (nSPS) is 55.7. The Morgan fingerprint density at radius 1 is 1.08 bits per heavy atom. The van der Waals surface area contributed by atoms with E-state index in [1.165, 1.54) is 13.0 Å². The molecular formula is C15H24O10. The Kier molecular flexibility index (Phi) is 4.86. The van der Waals surface area contributed by atoms with Crippen LogP contribution in [0, 0.1) is 5.92 Å². The minimum absolute atomic E-state index is 0.129. The summed E-state index contributed by atoms with van der Waals surface area (Å²) in [6.07, 6.45) is -7.87. The van der Waals surface area contributed by atoms with Gasteiger partial charge in [0.05, 0.1) is 30.5 Å². The average Bonchev–Trinajstić information content (AvgIpc) is 2.73. The van der Waals surface area contributed by atoms with Crippen molar-refractivity contribution in [1.29, 1.82) is 0 Å². The van der Waals surface area contributed by atoms with Crippen molar-refractivity contribution in [3.63, 3.8) is 0 Å². The maximum Gasteiger partial charge on any atom is 0.210 e. The molecule has 0 bridgehead atoms. The number of hydrogen-bond donors (Lipinski definition) is 7. The van der Waals surface area contributed by atoms with Gasteiger partial charge in [-0.3, -0.25) is 0 Å². The first kappa shape index (κ1) is 19.0. The van der Waals surface area contributed by atoms with Gasteiger partial charge in [-0.15, -0.1) is 0 Å². The van der Waals surface area contributed by atoms with Gasteiger partial charge in [-0.25, -0.2) is 0 Å². The molecule has 2 fully saturated rings. The summed E-state index contributed by atoms with van der Waals surface area (Å²) in [5.41, 5.74) is -3.35. The van der Waals surface area contributed by atoms with Crippen molar-refractivity contribution in [1.82, 2.24) is 0 Å². The third-order valence-corrected chi connectivity index (χ3v) is 5.25. The summed E-state index contributed by atoms with van der Waals surface area (Å²) < 4.78 is 16.0. The van der Waals surface area contributed by atoms with Crippen LogP contribution in [0.3, 0.4) is 0 Å². The molecule has 0 spiro atoms. The van der Waals surface area contributed by atoms with Gasteiger partial charge in [0.15, 0.2) is 6.29 Å². The van der Waals surface area contributed by atoms with E-state index in [-0.39, 0.29) is 6.42 Å². The highest BCUT2D eigenvalue weighted by Crippen LogP contribution is 2.49. The van der Waals surface area contributed by atoms with E-state index in [2.05, 4.69) is 0 Å². The van der Waals surface area contributed by atoms with Crippen molar-refractivity contribution in [3.8, 4) is 0 Å². The third-order valence-electron chi connectivity index (χ3n) is 5.25. The van der Waals surface area contributed by atoms with Gasteiger partial charge >= 0.3 is 0 Å². The molecule has 2 heterocycles. The van der Waals surface area contributed by atoms with Crippen molar-refractivity contribution < 1.29 is 50.0 Å². The van der Waals surface area contributed by atoms with Crippen molar-refractivity contribution >= 4 is 0 Å². The average molecular weight is 364 g/mol. The highest BCUT2D eigenvalue weighted by atomic mass is 16.8. The number of rotatable bonds is 3. The molecule has 1 aliphatic carbocycles. The van der Waals surface area contributed by atoms with Crippen LogP contribution in [-0.2, 0) is 14.2 Å². The smallest absolute Gasteiger partial charge is 0.210 e. The van der Waals surface area contributed by atoms with Gasteiger partial charge < -0.3 is 50.0 Å². The zero-order valence-electron chi connectivity index (χ0n) is 13.5. The summed E-state index contributed by atoms with van der Waals surface area (Å²) in [5, 5.41) is 70.2. The molecule has 10 nitrogen and oxygen atoms in total. The molecule has 10 heteroatoms. The highest BCUT2D eigenvalue weighted by molar-refractivity contribution is 5.21. The minimum atomic E-state index is -1.81. The molecule has 0 aromatic heterocycles. The Hall–Kier alpha value is -0.820. The second kappa shape index (κ2) is 6.41. The van der Waals surface area contributed by atoms with Gasteiger partial charge in [0.25, 0.3) is 0 Å². The molecule has 0 radical (unpaired) electrons. The number of fused-ring (bicyclic) bond motifs is 1. The van der Waals surface area contributed by atoms with Crippen molar-refractivity contribution in [2.24, 2.45) is 5.92 Å². The van der Waals surface area contributed by atoms with Crippen LogP contribution in [0.4, 0.5) is 0 Å². The minimum Gasteiger partial charge on any atom is -0.472 e. The van der Waals surface area contributed by atoms with Crippen LogP contribution in [0.1, 0.15) is 13.3 Å². The van der Waals surface area contributed by atoms with Gasteiger partial charge in [0, 0.05) is 6.42 Å². The topological polar surface area (TPSA) is 169 Å². The van der Waals surface area contributed by atoms with Crippen LogP contribution in [0.2, 0.25) is 0 Å². The predicted octanol–water partition coefficient (Wildman–Crippen LogP) is -3.46. The lowest BCUT2D eigenvalue weighted by atomic mass is 9.81. The van der Waals surface area contributed by atoms with E-state index < -0.39 is 66.8 Å². The van der Waals surface area contributed by atoms with Crippen LogP contribution >= 0.6 is 0 Å². The SMILES string of the molecule is C[C@]1(O)C[C@H](O)[C@]2(O)C=CO[C@@H](O[C@@H]3O[C@H](CO)[C@@H](O)[C@H](O)[C@H]3O)[C@@H]21. The van der Waals surface area contributed by atoms with Crippen molar-refractivity contribution in [3.05, 3.63) is 12.3 Å². The Morgan fingerprint density at radius 3 is 2.40 bits per heavy atom. The van der Waals surface area contributed by atoms with Crippen LogP contribution < -0.4 is 0 Å². The van der Waals surface area contributed by atoms with Gasteiger partial charge in [0.2, 0.25) is 6.29 Å². The molecule has 0 amide bonds. The summed E-state index contributed by atoms with van der Waals surface area (Å²) in [5.74, 6) is -1.10. The zero-order chi connectivity index (χ0) is 18.6. The molecular weight excluding hydrogens is 340 g/mol.